The van der Waals surface area contributed by atoms with Crippen LogP contribution in [0.5, 0.6) is 5.75 Å². The number of rotatable bonds is 7. The van der Waals surface area contributed by atoms with Crippen LogP contribution in [0.15, 0.2) is 72.8 Å². The molecule has 0 fully saturated rings. The summed E-state index contributed by atoms with van der Waals surface area (Å²) >= 11 is 0. The average molecular weight is 839 g/mol. The van der Waals surface area contributed by atoms with Crippen molar-refractivity contribution in [1.82, 2.24) is 0 Å². The summed E-state index contributed by atoms with van der Waals surface area (Å²) in [6.07, 6.45) is 0.715. The second-order valence-electron chi connectivity index (χ2n) is 16.3. The largest absolute Gasteiger partial charge is 2.00 e. The Kier molecular flexibility index (Phi) is 18.0. The van der Waals surface area contributed by atoms with Crippen LogP contribution in [0.4, 0.5) is 5.69 Å². The third-order valence-electron chi connectivity index (χ3n) is 8.65. The minimum absolute atomic E-state index is 0. The van der Waals surface area contributed by atoms with Crippen molar-refractivity contribution in [2.24, 2.45) is 0 Å². The van der Waals surface area contributed by atoms with Crippen LogP contribution in [0.1, 0.15) is 123 Å². The van der Waals surface area contributed by atoms with Crippen LogP contribution in [-0.4, -0.2) is 36.6 Å². The molecule has 0 aromatic heterocycles. The van der Waals surface area contributed by atoms with Crippen LogP contribution in [0.3, 0.4) is 0 Å². The van der Waals surface area contributed by atoms with Crippen LogP contribution in [0, 0.1) is 13.0 Å². The maximum Gasteiger partial charge on any atom is 2.00 e. The zero-order chi connectivity index (χ0) is 39.1. The van der Waals surface area contributed by atoms with Gasteiger partial charge in [-0.3, -0.25) is 4.55 Å². The Morgan fingerprint density at radius 2 is 1.25 bits per heavy atom. The fourth-order valence-corrected chi connectivity index (χ4v) is 11.6. The molecule has 0 aliphatic carbocycles. The van der Waals surface area contributed by atoms with E-state index in [1.54, 1.807) is 6.07 Å². The number of methoxy groups -OCH3 is 1. The summed E-state index contributed by atoms with van der Waals surface area (Å²) in [5.41, 5.74) is 18.8. The van der Waals surface area contributed by atoms with Crippen molar-refractivity contribution < 1.29 is 38.1 Å². The van der Waals surface area contributed by atoms with Gasteiger partial charge in [0, 0.05) is 13.5 Å². The van der Waals surface area contributed by atoms with Gasteiger partial charge in [0.15, 0.2) is 5.75 Å². The zero-order valence-electron chi connectivity index (χ0n) is 34.1. The molecule has 0 aliphatic rings. The minimum atomic E-state index is -3.67. The molecule has 0 heterocycles. The van der Waals surface area contributed by atoms with E-state index in [9.17, 15) is 8.42 Å². The maximum atomic E-state index is 9.19. The quantitative estimate of drug-likeness (QED) is 0.0869. The number of benzene rings is 4. The van der Waals surface area contributed by atoms with Gasteiger partial charge in [0.1, 0.15) is 5.30 Å². The number of hydrogen-bond donors (Lipinski definition) is 1. The Morgan fingerprint density at radius 3 is 1.63 bits per heavy atom. The molecule has 288 valence electrons. The van der Waals surface area contributed by atoms with Crippen molar-refractivity contribution in [2.75, 3.05) is 13.4 Å². The van der Waals surface area contributed by atoms with Crippen molar-refractivity contribution in [3.8, 4) is 28.0 Å². The summed E-state index contributed by atoms with van der Waals surface area (Å²) in [7, 11) is -2.85. The molecule has 0 saturated carbocycles. The number of nitrogens with one attached hydrogen (secondary N) is 1. The smallest absolute Gasteiger partial charge is 0.706 e. The van der Waals surface area contributed by atoms with E-state index >= 15 is 0 Å². The summed E-state index contributed by atoms with van der Waals surface area (Å²) in [5, 5.41) is 1.85. The first-order valence-corrected chi connectivity index (χ1v) is 21.2. The molecule has 8 heteroatoms. The van der Waals surface area contributed by atoms with Gasteiger partial charge in [-0.05, 0) is 100 Å². The molecule has 0 aliphatic heterocycles. The third-order valence-corrected chi connectivity index (χ3v) is 12.7. The van der Waals surface area contributed by atoms with E-state index in [-0.39, 0.29) is 30.7 Å². The summed E-state index contributed by atoms with van der Waals surface area (Å²) in [6.45, 7) is 30.9. The minimum Gasteiger partial charge on any atom is -0.706 e. The van der Waals surface area contributed by atoms with E-state index in [1.807, 2.05) is 49.6 Å². The Labute approximate surface area is 331 Å². The van der Waals surface area contributed by atoms with Crippen LogP contribution in [-0.2, 0) is 30.5 Å². The standard InChI is InChI=1S/C31H49OP.C12H9N.CH4O3S.Pd/c1-19(2)23-17-24(20(3)4)28(25(18-23)21(5)6)27-22(7)15-16-26(32-14)29(27)33(30(8,9)10)31(11,12)13;13-12-9-5-4-8-11(12)10-6-2-1-3-7-10;1-5(2,3)4;/h15-21H,1-14H3;1-6,8-9,13H;1H3,(H,2,3,4);/q;-2;;+2/p+1. The first-order chi connectivity index (χ1) is 23.4. The average Bonchev–Trinajstić information content (AvgIpc) is 2.99. The summed E-state index contributed by atoms with van der Waals surface area (Å²) in [5.74, 6) is 2.49. The van der Waals surface area contributed by atoms with Crippen LogP contribution in [0.2, 0.25) is 0 Å². The Bertz CT molecular complexity index is 1790. The molecule has 4 rings (SSSR count). The van der Waals surface area contributed by atoms with Crippen LogP contribution >= 0.6 is 7.92 Å². The van der Waals surface area contributed by atoms with Crippen molar-refractivity contribution in [3.63, 3.8) is 0 Å². The summed E-state index contributed by atoms with van der Waals surface area (Å²) in [6, 6.07) is 27.8. The molecule has 2 N–H and O–H groups in total. The summed E-state index contributed by atoms with van der Waals surface area (Å²) in [4.78, 5) is 0. The molecular weight excluding hydrogens is 776 g/mol. The Balaban J connectivity index is 0.000000581. The van der Waals surface area contributed by atoms with E-state index < -0.39 is 18.0 Å². The fourth-order valence-electron chi connectivity index (χ4n) is 6.83. The van der Waals surface area contributed by atoms with Crippen molar-refractivity contribution in [2.45, 2.75) is 118 Å². The maximum absolute atomic E-state index is 9.19. The van der Waals surface area contributed by atoms with E-state index in [0.717, 1.165) is 16.9 Å². The summed E-state index contributed by atoms with van der Waals surface area (Å²) < 4.78 is 32.0. The SMILES string of the molecule is COc1ccc(C)c(-c2c(C(C)C)cc(C(C)C)cc2C(C)C)c1[PH+](C(C)(C)C)C(C)(C)C.CS(=O)(=O)O.[NH-]c1ccccc1-c1[c-]cccc1.[Pd+2]. The van der Waals surface area contributed by atoms with Crippen molar-refractivity contribution in [3.05, 3.63) is 107 Å². The first kappa shape index (κ1) is 47.5. The van der Waals surface area contributed by atoms with E-state index in [0.29, 0.717) is 29.7 Å². The third kappa shape index (κ3) is 13.4. The molecule has 0 atom stereocenters. The number of aryl methyl sites for hydroxylation is 1. The van der Waals surface area contributed by atoms with Crippen LogP contribution < -0.4 is 10.0 Å². The van der Waals surface area contributed by atoms with Gasteiger partial charge in [0.2, 0.25) is 0 Å². The molecule has 4 aromatic carbocycles. The van der Waals surface area contributed by atoms with E-state index in [1.165, 1.54) is 38.7 Å². The molecule has 0 radical (unpaired) electrons. The zero-order valence-corrected chi connectivity index (χ0v) is 37.4. The normalized spacial score (nSPS) is 11.8. The second kappa shape index (κ2) is 19.7. The topological polar surface area (TPSA) is 87.4 Å². The van der Waals surface area contributed by atoms with Gasteiger partial charge in [-0.15, -0.1) is 41.5 Å². The molecular formula is C44H63NO4PPdS+. The van der Waals surface area contributed by atoms with Gasteiger partial charge in [0.25, 0.3) is 10.1 Å². The predicted molar refractivity (Wildman–Crippen MR) is 225 cm³/mol. The molecule has 0 saturated heterocycles. The van der Waals surface area contributed by atoms with Gasteiger partial charge in [-0.25, -0.2) is 0 Å². The van der Waals surface area contributed by atoms with E-state index in [4.69, 9.17) is 15.0 Å². The predicted octanol–water partition coefficient (Wildman–Crippen LogP) is 12.8. The fraction of sp³-hybridized carbons (Fsp3) is 0.455. The van der Waals surface area contributed by atoms with Gasteiger partial charge < -0.3 is 10.5 Å². The molecule has 0 unspecified atom stereocenters. The molecule has 0 spiro atoms. The van der Waals surface area contributed by atoms with Gasteiger partial charge >= 0.3 is 20.4 Å². The van der Waals surface area contributed by atoms with E-state index in [2.05, 4.69) is 120 Å². The Morgan fingerprint density at radius 1 is 0.769 bits per heavy atom. The molecule has 52 heavy (non-hydrogen) atoms. The van der Waals surface area contributed by atoms with Crippen LogP contribution in [0.25, 0.3) is 28.0 Å². The molecule has 0 amide bonds. The molecule has 4 aromatic rings. The van der Waals surface area contributed by atoms with Crippen molar-refractivity contribution in [1.29, 1.82) is 0 Å². The monoisotopic (exact) mass is 838 g/mol. The first-order valence-electron chi connectivity index (χ1n) is 17.8. The van der Waals surface area contributed by atoms with Gasteiger partial charge in [-0.2, -0.15) is 14.1 Å². The Hall–Kier alpha value is -2.52. The number of hydrogen-bond acceptors (Lipinski definition) is 3. The van der Waals surface area contributed by atoms with Gasteiger partial charge in [-0.1, -0.05) is 84.0 Å². The van der Waals surface area contributed by atoms with Gasteiger partial charge in [0.05, 0.1) is 23.7 Å². The second-order valence-corrected chi connectivity index (χ2v) is 22.0. The van der Waals surface area contributed by atoms with Crippen molar-refractivity contribution >= 4 is 29.0 Å². The number of ether oxygens (including phenoxy) is 1. The molecule has 0 bridgehead atoms. The molecule has 5 nitrogen and oxygen atoms in total.